The third-order valence-corrected chi connectivity index (χ3v) is 3.30. The number of halogens is 3. The van der Waals surface area contributed by atoms with Gasteiger partial charge in [0.1, 0.15) is 11.6 Å². The van der Waals surface area contributed by atoms with Crippen LogP contribution >= 0.6 is 12.4 Å². The van der Waals surface area contributed by atoms with E-state index in [9.17, 15) is 8.78 Å². The monoisotopic (exact) mass is 301 g/mol. The standard InChI is InChI=1S/C13H13F2N3O.ClH/c14-9-1-2-11(15)10(7-9)13-17-12(18-19-13)8-3-5-16-6-4-8;/h1-2,7-8,16H,3-6H2;1H. The van der Waals surface area contributed by atoms with Gasteiger partial charge < -0.3 is 9.84 Å². The van der Waals surface area contributed by atoms with Gasteiger partial charge in [0.05, 0.1) is 5.56 Å². The molecule has 108 valence electrons. The first-order valence-electron chi connectivity index (χ1n) is 6.24. The zero-order valence-corrected chi connectivity index (χ0v) is 11.4. The number of aromatic nitrogens is 2. The molecule has 3 rings (SSSR count). The van der Waals surface area contributed by atoms with Crippen LogP contribution in [0.25, 0.3) is 11.5 Å². The molecule has 0 amide bonds. The van der Waals surface area contributed by atoms with Crippen LogP contribution in [0.5, 0.6) is 0 Å². The van der Waals surface area contributed by atoms with Gasteiger partial charge in [-0.3, -0.25) is 0 Å². The van der Waals surface area contributed by atoms with Crippen molar-refractivity contribution >= 4 is 12.4 Å². The Morgan fingerprint density at radius 3 is 2.70 bits per heavy atom. The Bertz CT molecular complexity index is 585. The average molecular weight is 302 g/mol. The molecule has 4 nitrogen and oxygen atoms in total. The number of hydrogen-bond donors (Lipinski definition) is 1. The molecule has 0 unspecified atom stereocenters. The van der Waals surface area contributed by atoms with E-state index in [0.29, 0.717) is 5.82 Å². The first kappa shape index (κ1) is 14.9. The molecule has 1 aliphatic rings. The molecule has 1 fully saturated rings. The van der Waals surface area contributed by atoms with Gasteiger partial charge in [-0.1, -0.05) is 5.16 Å². The zero-order valence-electron chi connectivity index (χ0n) is 10.6. The number of benzene rings is 1. The van der Waals surface area contributed by atoms with E-state index < -0.39 is 11.6 Å². The smallest absolute Gasteiger partial charge is 0.261 e. The maximum absolute atomic E-state index is 13.6. The molecule has 2 heterocycles. The number of piperidine rings is 1. The Hall–Kier alpha value is -1.53. The molecule has 7 heteroatoms. The van der Waals surface area contributed by atoms with E-state index in [-0.39, 0.29) is 29.8 Å². The fraction of sp³-hybridized carbons (Fsp3) is 0.385. The molecule has 0 spiro atoms. The minimum atomic E-state index is -0.568. The molecule has 0 saturated carbocycles. The fourth-order valence-electron chi connectivity index (χ4n) is 2.25. The largest absolute Gasteiger partial charge is 0.334 e. The molecule has 0 aliphatic carbocycles. The van der Waals surface area contributed by atoms with Gasteiger partial charge >= 0.3 is 0 Å². The average Bonchev–Trinajstić information content (AvgIpc) is 2.92. The van der Waals surface area contributed by atoms with Gasteiger partial charge in [-0.25, -0.2) is 8.78 Å². The molecule has 0 radical (unpaired) electrons. The number of rotatable bonds is 2. The Balaban J connectivity index is 0.00000147. The van der Waals surface area contributed by atoms with Gasteiger partial charge in [-0.15, -0.1) is 12.4 Å². The lowest BCUT2D eigenvalue weighted by Gasteiger charge is -2.18. The van der Waals surface area contributed by atoms with Crippen molar-refractivity contribution < 1.29 is 13.3 Å². The van der Waals surface area contributed by atoms with E-state index in [1.807, 2.05) is 0 Å². The molecule has 0 atom stereocenters. The second-order valence-corrected chi connectivity index (χ2v) is 4.61. The predicted octanol–water partition coefficient (Wildman–Crippen LogP) is 2.90. The van der Waals surface area contributed by atoms with Crippen LogP contribution in [0.2, 0.25) is 0 Å². The summed E-state index contributed by atoms with van der Waals surface area (Å²) < 4.78 is 31.8. The number of nitrogens with one attached hydrogen (secondary N) is 1. The van der Waals surface area contributed by atoms with Crippen LogP contribution in [0.4, 0.5) is 8.78 Å². The van der Waals surface area contributed by atoms with Crippen molar-refractivity contribution in [3.05, 3.63) is 35.7 Å². The van der Waals surface area contributed by atoms with Crippen LogP contribution in [0.1, 0.15) is 24.6 Å². The van der Waals surface area contributed by atoms with Crippen molar-refractivity contribution in [2.75, 3.05) is 13.1 Å². The van der Waals surface area contributed by atoms with Crippen molar-refractivity contribution in [3.8, 4) is 11.5 Å². The molecular weight excluding hydrogens is 288 g/mol. The van der Waals surface area contributed by atoms with Gasteiger partial charge in [0, 0.05) is 5.92 Å². The molecule has 20 heavy (non-hydrogen) atoms. The summed E-state index contributed by atoms with van der Waals surface area (Å²) in [5, 5.41) is 7.13. The van der Waals surface area contributed by atoms with Crippen LogP contribution in [0, 0.1) is 11.6 Å². The lowest BCUT2D eigenvalue weighted by Crippen LogP contribution is -2.27. The first-order chi connectivity index (χ1) is 9.24. The van der Waals surface area contributed by atoms with Gasteiger partial charge in [-0.2, -0.15) is 4.98 Å². The van der Waals surface area contributed by atoms with E-state index in [1.165, 1.54) is 0 Å². The summed E-state index contributed by atoms with van der Waals surface area (Å²) >= 11 is 0. The summed E-state index contributed by atoms with van der Waals surface area (Å²) in [6.45, 7) is 1.81. The van der Waals surface area contributed by atoms with Crippen LogP contribution in [0.15, 0.2) is 22.7 Å². The molecule has 2 aromatic rings. The van der Waals surface area contributed by atoms with Crippen molar-refractivity contribution in [2.24, 2.45) is 0 Å². The zero-order chi connectivity index (χ0) is 13.2. The second kappa shape index (κ2) is 6.28. The van der Waals surface area contributed by atoms with Crippen LogP contribution in [-0.4, -0.2) is 23.2 Å². The van der Waals surface area contributed by atoms with Crippen molar-refractivity contribution in [2.45, 2.75) is 18.8 Å². The summed E-state index contributed by atoms with van der Waals surface area (Å²) in [4.78, 5) is 4.19. The summed E-state index contributed by atoms with van der Waals surface area (Å²) in [5.74, 6) is -0.277. The van der Waals surface area contributed by atoms with Gasteiger partial charge in [0.2, 0.25) is 0 Å². The highest BCUT2D eigenvalue weighted by Crippen LogP contribution is 2.27. The summed E-state index contributed by atoms with van der Waals surface area (Å²) in [6.07, 6.45) is 1.84. The third-order valence-electron chi connectivity index (χ3n) is 3.30. The number of nitrogens with zero attached hydrogens (tertiary/aromatic N) is 2. The Kier molecular flexibility index (Phi) is 4.67. The van der Waals surface area contributed by atoms with E-state index in [4.69, 9.17) is 4.52 Å². The molecule has 1 aromatic carbocycles. The van der Waals surface area contributed by atoms with Crippen LogP contribution < -0.4 is 5.32 Å². The summed E-state index contributed by atoms with van der Waals surface area (Å²) in [5.41, 5.74) is 0.00712. The predicted molar refractivity (Wildman–Crippen MR) is 71.7 cm³/mol. The first-order valence-corrected chi connectivity index (χ1v) is 6.24. The third kappa shape index (κ3) is 2.96. The van der Waals surface area contributed by atoms with Gasteiger partial charge in [-0.05, 0) is 44.1 Å². The Morgan fingerprint density at radius 2 is 1.95 bits per heavy atom. The molecule has 1 aliphatic heterocycles. The van der Waals surface area contributed by atoms with Crippen molar-refractivity contribution in [1.29, 1.82) is 0 Å². The van der Waals surface area contributed by atoms with E-state index >= 15 is 0 Å². The maximum Gasteiger partial charge on any atom is 0.261 e. The van der Waals surface area contributed by atoms with Crippen LogP contribution in [-0.2, 0) is 0 Å². The van der Waals surface area contributed by atoms with Crippen LogP contribution in [0.3, 0.4) is 0 Å². The van der Waals surface area contributed by atoms with Gasteiger partial charge in [0.25, 0.3) is 5.89 Å². The number of hydrogen-bond acceptors (Lipinski definition) is 4. The molecule has 1 N–H and O–H groups in total. The normalized spacial score (nSPS) is 15.9. The van der Waals surface area contributed by atoms with Crippen molar-refractivity contribution in [1.82, 2.24) is 15.5 Å². The fourth-order valence-corrected chi connectivity index (χ4v) is 2.25. The highest BCUT2D eigenvalue weighted by atomic mass is 35.5. The summed E-state index contributed by atoms with van der Waals surface area (Å²) in [6, 6.07) is 3.18. The quantitative estimate of drug-likeness (QED) is 0.926. The molecular formula is C13H14ClF2N3O. The SMILES string of the molecule is Cl.Fc1ccc(F)c(-c2nc(C3CCNCC3)no2)c1. The Morgan fingerprint density at radius 1 is 1.20 bits per heavy atom. The lowest BCUT2D eigenvalue weighted by atomic mass is 9.98. The van der Waals surface area contributed by atoms with Gasteiger partial charge in [0.15, 0.2) is 5.82 Å². The maximum atomic E-state index is 13.6. The Labute approximate surface area is 121 Å². The van der Waals surface area contributed by atoms with E-state index in [1.54, 1.807) is 0 Å². The molecule has 1 saturated heterocycles. The highest BCUT2D eigenvalue weighted by Gasteiger charge is 2.22. The summed E-state index contributed by atoms with van der Waals surface area (Å²) in [7, 11) is 0. The lowest BCUT2D eigenvalue weighted by molar-refractivity contribution is 0.391. The minimum absolute atomic E-state index is 0. The van der Waals surface area contributed by atoms with Crippen molar-refractivity contribution in [3.63, 3.8) is 0 Å². The molecule has 0 bridgehead atoms. The van der Waals surface area contributed by atoms with E-state index in [2.05, 4.69) is 15.5 Å². The second-order valence-electron chi connectivity index (χ2n) is 4.61. The molecule has 1 aromatic heterocycles. The highest BCUT2D eigenvalue weighted by molar-refractivity contribution is 5.85. The minimum Gasteiger partial charge on any atom is -0.334 e. The van der Waals surface area contributed by atoms with E-state index in [0.717, 1.165) is 44.1 Å². The topological polar surface area (TPSA) is 51.0 Å².